The third-order valence-corrected chi connectivity index (χ3v) is 3.07. The van der Waals surface area contributed by atoms with E-state index in [1.54, 1.807) is 0 Å². The van der Waals surface area contributed by atoms with Crippen molar-refractivity contribution in [1.82, 2.24) is 0 Å². The molecule has 1 aliphatic rings. The van der Waals surface area contributed by atoms with Gasteiger partial charge in [0.05, 0.1) is 12.7 Å². The van der Waals surface area contributed by atoms with Crippen LogP contribution in [0.2, 0.25) is 0 Å². The Morgan fingerprint density at radius 3 is 2.76 bits per heavy atom. The van der Waals surface area contributed by atoms with Crippen molar-refractivity contribution in [2.45, 2.75) is 38.4 Å². The molecule has 3 nitrogen and oxygen atoms in total. The molecule has 17 heavy (non-hydrogen) atoms. The molecule has 0 saturated carbocycles. The maximum absolute atomic E-state index is 9.68. The van der Waals surface area contributed by atoms with Crippen LogP contribution in [0.4, 0.5) is 0 Å². The molecule has 1 unspecified atom stereocenters. The molecule has 1 heterocycles. The van der Waals surface area contributed by atoms with Gasteiger partial charge >= 0.3 is 0 Å². The van der Waals surface area contributed by atoms with E-state index in [0.29, 0.717) is 6.61 Å². The first-order chi connectivity index (χ1) is 8.29. The molecule has 2 atom stereocenters. The minimum Gasteiger partial charge on any atom is -0.488 e. The molecule has 3 heteroatoms. The Bertz CT molecular complexity index is 328. The fraction of sp³-hybridized carbons (Fsp3) is 0.571. The predicted octanol–water partition coefficient (Wildman–Crippen LogP) is 2.69. The number of aliphatic hydroxyl groups excluding tert-OH is 1. The first-order valence-electron chi connectivity index (χ1n) is 6.32. The smallest absolute Gasteiger partial charge is 0.122 e. The van der Waals surface area contributed by atoms with Crippen molar-refractivity contribution in [2.75, 3.05) is 13.2 Å². The van der Waals surface area contributed by atoms with Crippen LogP contribution in [-0.4, -0.2) is 24.4 Å². The summed E-state index contributed by atoms with van der Waals surface area (Å²) in [6, 6.07) is 7.69. The van der Waals surface area contributed by atoms with Crippen LogP contribution < -0.4 is 4.74 Å². The number of benzene rings is 1. The second kappa shape index (κ2) is 6.03. The lowest BCUT2D eigenvalue weighted by Gasteiger charge is -2.23. The Hall–Kier alpha value is -1.06. The Labute approximate surface area is 102 Å². The number of ether oxygens (including phenoxy) is 2. The highest BCUT2D eigenvalue weighted by molar-refractivity contribution is 5.28. The number of aliphatic hydroxyl groups is 1. The highest BCUT2D eigenvalue weighted by Gasteiger charge is 2.15. The Kier molecular flexibility index (Phi) is 4.40. The summed E-state index contributed by atoms with van der Waals surface area (Å²) in [7, 11) is 0. The van der Waals surface area contributed by atoms with Crippen LogP contribution in [0.25, 0.3) is 0 Å². The van der Waals surface area contributed by atoms with Crippen LogP contribution in [0.3, 0.4) is 0 Å². The average molecular weight is 236 g/mol. The monoisotopic (exact) mass is 236 g/mol. The Balaban J connectivity index is 1.93. The number of hydrogen-bond donors (Lipinski definition) is 1. The lowest BCUT2D eigenvalue weighted by molar-refractivity contribution is 0.00740. The summed E-state index contributed by atoms with van der Waals surface area (Å²) in [6.07, 6.45) is 2.65. The van der Waals surface area contributed by atoms with E-state index in [9.17, 15) is 5.11 Å². The lowest BCUT2D eigenvalue weighted by Crippen LogP contribution is -2.27. The van der Waals surface area contributed by atoms with Gasteiger partial charge in [-0.15, -0.1) is 0 Å². The van der Waals surface area contributed by atoms with Crippen molar-refractivity contribution < 1.29 is 14.6 Å². The van der Waals surface area contributed by atoms with E-state index in [1.165, 1.54) is 0 Å². The van der Waals surface area contributed by atoms with Crippen molar-refractivity contribution in [3.05, 3.63) is 29.8 Å². The summed E-state index contributed by atoms with van der Waals surface area (Å²) in [5.74, 6) is 0.854. The molecule has 0 aliphatic carbocycles. The third kappa shape index (κ3) is 3.45. The highest BCUT2D eigenvalue weighted by Crippen LogP contribution is 2.22. The van der Waals surface area contributed by atoms with E-state index in [0.717, 1.165) is 37.2 Å². The predicted molar refractivity (Wildman–Crippen MR) is 66.2 cm³/mol. The zero-order chi connectivity index (χ0) is 12.1. The van der Waals surface area contributed by atoms with Crippen LogP contribution in [0.5, 0.6) is 5.75 Å². The summed E-state index contributed by atoms with van der Waals surface area (Å²) in [5, 5.41) is 9.68. The van der Waals surface area contributed by atoms with Gasteiger partial charge in [0.1, 0.15) is 11.9 Å². The van der Waals surface area contributed by atoms with Crippen LogP contribution in [0.1, 0.15) is 37.9 Å². The standard InChI is InChI=1S/C14H20O3/c1-2-14(15)11-5-7-12(8-6-11)17-13-4-3-9-16-10-13/h5-8,13-15H,2-4,9-10H2,1H3/t13?,14-/m0/s1. The normalized spacial score (nSPS) is 22.1. The summed E-state index contributed by atoms with van der Waals surface area (Å²) in [4.78, 5) is 0. The van der Waals surface area contributed by atoms with Crippen molar-refractivity contribution in [3.8, 4) is 5.75 Å². The lowest BCUT2D eigenvalue weighted by atomic mass is 10.1. The minimum atomic E-state index is -0.373. The second-order valence-corrected chi connectivity index (χ2v) is 4.45. The quantitative estimate of drug-likeness (QED) is 0.873. The summed E-state index contributed by atoms with van der Waals surface area (Å²) in [6.45, 7) is 3.50. The van der Waals surface area contributed by atoms with Gasteiger partial charge in [0.25, 0.3) is 0 Å². The van der Waals surface area contributed by atoms with Gasteiger partial charge in [0.2, 0.25) is 0 Å². The first kappa shape index (κ1) is 12.4. The van der Waals surface area contributed by atoms with E-state index in [1.807, 2.05) is 31.2 Å². The molecular formula is C14H20O3. The number of hydrogen-bond acceptors (Lipinski definition) is 3. The largest absolute Gasteiger partial charge is 0.488 e. The van der Waals surface area contributed by atoms with Crippen LogP contribution >= 0.6 is 0 Å². The second-order valence-electron chi connectivity index (χ2n) is 4.45. The van der Waals surface area contributed by atoms with Gasteiger partial charge in [0, 0.05) is 6.61 Å². The maximum Gasteiger partial charge on any atom is 0.122 e. The Morgan fingerprint density at radius 2 is 2.18 bits per heavy atom. The van der Waals surface area contributed by atoms with Gasteiger partial charge in [-0.1, -0.05) is 19.1 Å². The van der Waals surface area contributed by atoms with Crippen molar-refractivity contribution in [2.24, 2.45) is 0 Å². The van der Waals surface area contributed by atoms with Crippen LogP contribution in [0.15, 0.2) is 24.3 Å². The SMILES string of the molecule is CC[C@H](O)c1ccc(OC2CCCOC2)cc1. The van der Waals surface area contributed by atoms with E-state index in [2.05, 4.69) is 0 Å². The topological polar surface area (TPSA) is 38.7 Å². The molecule has 0 spiro atoms. The summed E-state index contributed by atoms with van der Waals surface area (Å²) in [5.41, 5.74) is 0.944. The fourth-order valence-corrected chi connectivity index (χ4v) is 2.00. The minimum absolute atomic E-state index is 0.172. The molecule has 1 aromatic carbocycles. The van der Waals surface area contributed by atoms with Crippen LogP contribution in [0, 0.1) is 0 Å². The average Bonchev–Trinajstić information content (AvgIpc) is 2.40. The third-order valence-electron chi connectivity index (χ3n) is 3.07. The molecule has 0 aromatic heterocycles. The van der Waals surface area contributed by atoms with E-state index in [4.69, 9.17) is 9.47 Å². The fourth-order valence-electron chi connectivity index (χ4n) is 2.00. The van der Waals surface area contributed by atoms with Crippen molar-refractivity contribution in [1.29, 1.82) is 0 Å². The first-order valence-corrected chi connectivity index (χ1v) is 6.32. The molecule has 1 aliphatic heterocycles. The zero-order valence-electron chi connectivity index (χ0n) is 10.3. The maximum atomic E-state index is 9.68. The van der Waals surface area contributed by atoms with Gasteiger partial charge in [-0.25, -0.2) is 0 Å². The molecule has 1 fully saturated rings. The molecule has 1 saturated heterocycles. The molecule has 94 valence electrons. The molecule has 1 aromatic rings. The van der Waals surface area contributed by atoms with Gasteiger partial charge in [-0.3, -0.25) is 0 Å². The van der Waals surface area contributed by atoms with Gasteiger partial charge in [-0.05, 0) is 37.0 Å². The summed E-state index contributed by atoms with van der Waals surface area (Å²) < 4.78 is 11.2. The molecule has 0 radical (unpaired) electrons. The molecular weight excluding hydrogens is 216 g/mol. The van der Waals surface area contributed by atoms with Crippen molar-refractivity contribution >= 4 is 0 Å². The van der Waals surface area contributed by atoms with Crippen LogP contribution in [-0.2, 0) is 4.74 Å². The highest BCUT2D eigenvalue weighted by atomic mass is 16.5. The molecule has 0 bridgehead atoms. The van der Waals surface area contributed by atoms with E-state index < -0.39 is 0 Å². The van der Waals surface area contributed by atoms with E-state index >= 15 is 0 Å². The van der Waals surface area contributed by atoms with Gasteiger partial charge in [0.15, 0.2) is 0 Å². The molecule has 2 rings (SSSR count). The molecule has 1 N–H and O–H groups in total. The van der Waals surface area contributed by atoms with Crippen molar-refractivity contribution in [3.63, 3.8) is 0 Å². The molecule has 0 amide bonds. The van der Waals surface area contributed by atoms with E-state index in [-0.39, 0.29) is 12.2 Å². The van der Waals surface area contributed by atoms with Gasteiger partial charge in [-0.2, -0.15) is 0 Å². The number of rotatable bonds is 4. The zero-order valence-corrected chi connectivity index (χ0v) is 10.3. The van der Waals surface area contributed by atoms with Gasteiger partial charge < -0.3 is 14.6 Å². The Morgan fingerprint density at radius 1 is 1.41 bits per heavy atom. The summed E-state index contributed by atoms with van der Waals surface area (Å²) >= 11 is 0.